The number of hydrogen-bond acceptors (Lipinski definition) is 5. The molecule has 0 aliphatic rings. The second-order valence-electron chi connectivity index (χ2n) is 5.78. The normalized spacial score (nSPS) is 11.2. The predicted molar refractivity (Wildman–Crippen MR) is 96.8 cm³/mol. The number of rotatable bonds is 6. The minimum absolute atomic E-state index is 0.633. The molecule has 0 aliphatic carbocycles. The van der Waals surface area contributed by atoms with Crippen LogP contribution in [0.4, 0.5) is 0 Å². The van der Waals surface area contributed by atoms with E-state index in [1.807, 2.05) is 43.1 Å². The van der Waals surface area contributed by atoms with Gasteiger partial charge in [-0.2, -0.15) is 16.4 Å². The van der Waals surface area contributed by atoms with Crippen LogP contribution in [0.3, 0.4) is 0 Å². The third-order valence-electron chi connectivity index (χ3n) is 4.00. The third-order valence-corrected chi connectivity index (χ3v) is 4.61. The summed E-state index contributed by atoms with van der Waals surface area (Å²) in [6.07, 6.45) is 4.81. The summed E-state index contributed by atoms with van der Waals surface area (Å²) in [6.45, 7) is 6.71. The summed E-state index contributed by atoms with van der Waals surface area (Å²) < 4.78 is 3.96. The van der Waals surface area contributed by atoms with Crippen LogP contribution in [0.1, 0.15) is 28.7 Å². The lowest BCUT2D eigenvalue weighted by Gasteiger charge is -2.08. The van der Waals surface area contributed by atoms with E-state index >= 15 is 0 Å². The Hall–Kier alpha value is -2.15. The van der Waals surface area contributed by atoms with Crippen LogP contribution >= 0.6 is 11.8 Å². The maximum atomic E-state index is 4.75. The molecule has 3 aromatic rings. The van der Waals surface area contributed by atoms with Gasteiger partial charge in [0.05, 0.1) is 18.6 Å². The number of aromatic nitrogens is 6. The Labute approximate surface area is 146 Å². The number of pyridine rings is 1. The summed E-state index contributed by atoms with van der Waals surface area (Å²) in [5.41, 5.74) is 3.15. The average Bonchev–Trinajstić information content (AvgIpc) is 3.11. The van der Waals surface area contributed by atoms with E-state index in [2.05, 4.69) is 32.8 Å². The molecule has 0 saturated heterocycles. The summed E-state index contributed by atoms with van der Waals surface area (Å²) in [5.74, 6) is 3.55. The molecule has 7 heteroatoms. The van der Waals surface area contributed by atoms with Gasteiger partial charge in [0.25, 0.3) is 0 Å². The van der Waals surface area contributed by atoms with Gasteiger partial charge < -0.3 is 4.57 Å². The highest BCUT2D eigenvalue weighted by Gasteiger charge is 2.14. The van der Waals surface area contributed by atoms with Crippen molar-refractivity contribution in [3.05, 3.63) is 53.3 Å². The second-order valence-corrected chi connectivity index (χ2v) is 6.76. The minimum Gasteiger partial charge on any atom is -0.327 e. The van der Waals surface area contributed by atoms with Crippen LogP contribution in [0.15, 0.2) is 24.5 Å². The number of aryl methyl sites for hydroxylation is 3. The molecule has 0 bridgehead atoms. The molecule has 3 heterocycles. The van der Waals surface area contributed by atoms with E-state index in [-0.39, 0.29) is 0 Å². The van der Waals surface area contributed by atoms with E-state index in [0.29, 0.717) is 6.54 Å². The Morgan fingerprint density at radius 1 is 1.12 bits per heavy atom. The van der Waals surface area contributed by atoms with Crippen molar-refractivity contribution >= 4 is 11.8 Å². The molecule has 0 spiro atoms. The highest BCUT2D eigenvalue weighted by atomic mass is 32.2. The van der Waals surface area contributed by atoms with E-state index < -0.39 is 0 Å². The zero-order valence-electron chi connectivity index (χ0n) is 14.5. The van der Waals surface area contributed by atoms with Crippen LogP contribution in [0.5, 0.6) is 0 Å². The first-order chi connectivity index (χ1) is 11.6. The first kappa shape index (κ1) is 16.7. The van der Waals surface area contributed by atoms with E-state index in [1.54, 1.807) is 11.8 Å². The van der Waals surface area contributed by atoms with E-state index in [0.717, 1.165) is 46.7 Å². The van der Waals surface area contributed by atoms with Crippen LogP contribution in [-0.4, -0.2) is 41.3 Å². The van der Waals surface area contributed by atoms with Gasteiger partial charge in [0.15, 0.2) is 17.5 Å². The largest absolute Gasteiger partial charge is 0.327 e. The van der Waals surface area contributed by atoms with Crippen molar-refractivity contribution < 1.29 is 0 Å². The van der Waals surface area contributed by atoms with Gasteiger partial charge in [0.1, 0.15) is 0 Å². The van der Waals surface area contributed by atoms with Crippen LogP contribution in [0, 0.1) is 20.8 Å². The summed E-state index contributed by atoms with van der Waals surface area (Å²) in [5, 5.41) is 4.69. The molecule has 24 heavy (non-hydrogen) atoms. The molecule has 0 aliphatic heterocycles. The fourth-order valence-electron chi connectivity index (χ4n) is 2.48. The summed E-state index contributed by atoms with van der Waals surface area (Å²) in [6, 6.07) is 5.95. The Bertz CT molecular complexity index is 835. The maximum absolute atomic E-state index is 4.75. The molecule has 0 unspecified atom stereocenters. The Morgan fingerprint density at radius 2 is 1.96 bits per heavy atom. The molecule has 0 amide bonds. The molecule has 0 saturated carbocycles. The lowest BCUT2D eigenvalue weighted by atomic mass is 10.3. The highest BCUT2D eigenvalue weighted by molar-refractivity contribution is 7.98. The van der Waals surface area contributed by atoms with Gasteiger partial charge in [-0.1, -0.05) is 6.07 Å². The first-order valence-corrected chi connectivity index (χ1v) is 9.34. The number of imidazole rings is 1. The van der Waals surface area contributed by atoms with Crippen LogP contribution in [-0.2, 0) is 13.0 Å². The van der Waals surface area contributed by atoms with Crippen molar-refractivity contribution in [3.63, 3.8) is 0 Å². The molecule has 3 rings (SSSR count). The molecule has 3 aromatic heterocycles. The fourth-order valence-corrected chi connectivity index (χ4v) is 2.87. The van der Waals surface area contributed by atoms with Gasteiger partial charge in [0.2, 0.25) is 0 Å². The Balaban J connectivity index is 1.99. The molecule has 126 valence electrons. The maximum Gasteiger partial charge on any atom is 0.155 e. The summed E-state index contributed by atoms with van der Waals surface area (Å²) in [4.78, 5) is 13.7. The lowest BCUT2D eigenvalue weighted by Crippen LogP contribution is -2.10. The monoisotopic (exact) mass is 342 g/mol. The first-order valence-electron chi connectivity index (χ1n) is 7.94. The van der Waals surface area contributed by atoms with Crippen LogP contribution < -0.4 is 0 Å². The quantitative estimate of drug-likeness (QED) is 0.689. The Kier molecular flexibility index (Phi) is 4.99. The molecular weight excluding hydrogens is 320 g/mol. The van der Waals surface area contributed by atoms with E-state index in [1.165, 1.54) is 0 Å². The van der Waals surface area contributed by atoms with Crippen LogP contribution in [0.25, 0.3) is 5.82 Å². The van der Waals surface area contributed by atoms with E-state index in [4.69, 9.17) is 4.98 Å². The van der Waals surface area contributed by atoms with Gasteiger partial charge in [-0.25, -0.2) is 15.0 Å². The van der Waals surface area contributed by atoms with Crippen molar-refractivity contribution in [3.8, 4) is 5.82 Å². The zero-order chi connectivity index (χ0) is 17.1. The standard InChI is InChI=1S/C17H22N6S/c1-12-6-5-7-16(19-12)23-17(20-15(21-23)8-9-24-4)10-22-11-18-13(2)14(22)3/h5-7,11H,8-10H2,1-4H3. The Morgan fingerprint density at radius 3 is 2.62 bits per heavy atom. The van der Waals surface area contributed by atoms with Crippen molar-refractivity contribution in [2.45, 2.75) is 33.7 Å². The van der Waals surface area contributed by atoms with Gasteiger partial charge in [0, 0.05) is 23.6 Å². The molecule has 0 fully saturated rings. The van der Waals surface area contributed by atoms with Crippen molar-refractivity contribution in [2.24, 2.45) is 0 Å². The van der Waals surface area contributed by atoms with Crippen molar-refractivity contribution in [2.75, 3.05) is 12.0 Å². The number of hydrogen-bond donors (Lipinski definition) is 0. The molecular formula is C17H22N6S. The lowest BCUT2D eigenvalue weighted by molar-refractivity contribution is 0.679. The fraction of sp³-hybridized carbons (Fsp3) is 0.412. The predicted octanol–water partition coefficient (Wildman–Crippen LogP) is 2.74. The SMILES string of the molecule is CSCCc1nc(Cn2cnc(C)c2C)n(-c2cccc(C)n2)n1. The second kappa shape index (κ2) is 7.17. The highest BCUT2D eigenvalue weighted by Crippen LogP contribution is 2.13. The smallest absolute Gasteiger partial charge is 0.155 e. The van der Waals surface area contributed by atoms with E-state index in [9.17, 15) is 0 Å². The average molecular weight is 342 g/mol. The minimum atomic E-state index is 0.633. The van der Waals surface area contributed by atoms with Gasteiger partial charge in [-0.05, 0) is 39.2 Å². The molecule has 6 nitrogen and oxygen atoms in total. The van der Waals surface area contributed by atoms with Crippen LogP contribution in [0.2, 0.25) is 0 Å². The molecule has 0 atom stereocenters. The van der Waals surface area contributed by atoms with Crippen molar-refractivity contribution in [1.82, 2.24) is 29.3 Å². The number of thioether (sulfide) groups is 1. The zero-order valence-corrected chi connectivity index (χ0v) is 15.3. The topological polar surface area (TPSA) is 61.4 Å². The molecule has 0 N–H and O–H groups in total. The molecule has 0 aromatic carbocycles. The molecule has 0 radical (unpaired) electrons. The van der Waals surface area contributed by atoms with Gasteiger partial charge in [-0.3, -0.25) is 0 Å². The van der Waals surface area contributed by atoms with Crippen molar-refractivity contribution in [1.29, 1.82) is 0 Å². The number of nitrogens with zero attached hydrogens (tertiary/aromatic N) is 6. The van der Waals surface area contributed by atoms with Gasteiger partial charge >= 0.3 is 0 Å². The summed E-state index contributed by atoms with van der Waals surface area (Å²) >= 11 is 1.80. The summed E-state index contributed by atoms with van der Waals surface area (Å²) in [7, 11) is 0. The third kappa shape index (κ3) is 3.51. The van der Waals surface area contributed by atoms with Gasteiger partial charge in [-0.15, -0.1) is 5.10 Å².